The van der Waals surface area contributed by atoms with Crippen LogP contribution in [-0.2, 0) is 9.53 Å². The van der Waals surface area contributed by atoms with Gasteiger partial charge in [-0.3, -0.25) is 9.69 Å². The summed E-state index contributed by atoms with van der Waals surface area (Å²) < 4.78 is 5.20. The van der Waals surface area contributed by atoms with Crippen LogP contribution in [0.3, 0.4) is 0 Å². The minimum absolute atomic E-state index is 0.294. The first kappa shape index (κ1) is 13.6. The maximum absolute atomic E-state index is 10.8. The highest BCUT2D eigenvalue weighted by Gasteiger charge is 2.34. The molecular formula is C12H19NO2S. The maximum Gasteiger partial charge on any atom is 0.259 e. The second-order valence-corrected chi connectivity index (χ2v) is 4.97. The van der Waals surface area contributed by atoms with Crippen molar-refractivity contribution in [3.05, 3.63) is 0 Å². The highest BCUT2D eigenvalue weighted by Crippen LogP contribution is 2.26. The molecule has 16 heavy (non-hydrogen) atoms. The van der Waals surface area contributed by atoms with Gasteiger partial charge < -0.3 is 4.74 Å². The van der Waals surface area contributed by atoms with E-state index >= 15 is 0 Å². The fraction of sp³-hybridized carbons (Fsp3) is 0.750. The predicted octanol–water partition coefficient (Wildman–Crippen LogP) is 1.34. The molecule has 0 aromatic carbocycles. The van der Waals surface area contributed by atoms with E-state index in [0.717, 1.165) is 26.0 Å². The quantitative estimate of drug-likeness (QED) is 0.597. The highest BCUT2D eigenvalue weighted by molar-refractivity contribution is 7.97. The first-order valence-electron chi connectivity index (χ1n) is 5.49. The molecule has 90 valence electrons. The largest absolute Gasteiger partial charge is 0.383 e. The summed E-state index contributed by atoms with van der Waals surface area (Å²) in [4.78, 5) is 13.1. The van der Waals surface area contributed by atoms with Crippen LogP contribution in [0.4, 0.5) is 0 Å². The average molecular weight is 241 g/mol. The van der Waals surface area contributed by atoms with Crippen LogP contribution in [0.25, 0.3) is 0 Å². The van der Waals surface area contributed by atoms with Crippen molar-refractivity contribution >= 4 is 17.7 Å². The van der Waals surface area contributed by atoms with Gasteiger partial charge in [-0.2, -0.15) is 0 Å². The van der Waals surface area contributed by atoms with E-state index in [1.54, 1.807) is 7.11 Å². The van der Waals surface area contributed by atoms with E-state index in [1.165, 1.54) is 0 Å². The summed E-state index contributed by atoms with van der Waals surface area (Å²) in [6, 6.07) is 0.407. The Morgan fingerprint density at radius 3 is 2.88 bits per heavy atom. The highest BCUT2D eigenvalue weighted by atomic mass is 32.1. The normalized spacial score (nSPS) is 21.6. The Bertz CT molecular complexity index is 317. The van der Waals surface area contributed by atoms with E-state index < -0.39 is 0 Å². The summed E-state index contributed by atoms with van der Waals surface area (Å²) in [5.74, 6) is 5.50. The first-order valence-corrected chi connectivity index (χ1v) is 5.94. The van der Waals surface area contributed by atoms with Crippen molar-refractivity contribution in [2.24, 2.45) is 0 Å². The fourth-order valence-corrected chi connectivity index (χ4v) is 2.27. The predicted molar refractivity (Wildman–Crippen MR) is 67.5 cm³/mol. The van der Waals surface area contributed by atoms with Crippen molar-refractivity contribution in [1.29, 1.82) is 0 Å². The summed E-state index contributed by atoms with van der Waals surface area (Å²) >= 11 is 3.66. The molecule has 0 radical (unpaired) electrons. The van der Waals surface area contributed by atoms with Gasteiger partial charge in [0.05, 0.1) is 12.1 Å². The standard InChI is InChI=1S/C12H19NO2S/c1-12(2,7-6-11(14)16)13-8-4-5-10(13)9-15-3/h10H,4-5,8-9H2,1-3H3,(H,14,16). The van der Waals surface area contributed by atoms with Crippen LogP contribution in [-0.4, -0.2) is 41.9 Å². The number of hydrogen-bond acceptors (Lipinski definition) is 3. The second kappa shape index (κ2) is 5.72. The molecule has 0 amide bonds. The van der Waals surface area contributed by atoms with Crippen molar-refractivity contribution in [3.8, 4) is 11.8 Å². The molecule has 1 aliphatic rings. The molecule has 0 bridgehead atoms. The van der Waals surface area contributed by atoms with E-state index in [9.17, 15) is 4.79 Å². The molecule has 1 heterocycles. The lowest BCUT2D eigenvalue weighted by Crippen LogP contribution is -2.47. The van der Waals surface area contributed by atoms with Gasteiger partial charge in [0.25, 0.3) is 5.12 Å². The molecule has 3 nitrogen and oxygen atoms in total. The van der Waals surface area contributed by atoms with Gasteiger partial charge in [-0.15, -0.1) is 0 Å². The smallest absolute Gasteiger partial charge is 0.259 e. The molecule has 1 unspecified atom stereocenters. The van der Waals surface area contributed by atoms with Crippen LogP contribution >= 0.6 is 12.6 Å². The van der Waals surface area contributed by atoms with Gasteiger partial charge >= 0.3 is 0 Å². The summed E-state index contributed by atoms with van der Waals surface area (Å²) in [7, 11) is 1.71. The summed E-state index contributed by atoms with van der Waals surface area (Å²) in [6.07, 6.45) is 2.29. The van der Waals surface area contributed by atoms with Gasteiger partial charge in [-0.25, -0.2) is 0 Å². The molecule has 4 heteroatoms. The topological polar surface area (TPSA) is 29.5 Å². The zero-order chi connectivity index (χ0) is 12.2. The third-order valence-corrected chi connectivity index (χ3v) is 3.04. The molecule has 1 saturated heterocycles. The van der Waals surface area contributed by atoms with Crippen LogP contribution in [0.1, 0.15) is 26.7 Å². The lowest BCUT2D eigenvalue weighted by Gasteiger charge is -2.35. The Balaban J connectivity index is 2.74. The van der Waals surface area contributed by atoms with Crippen LogP contribution in [0.2, 0.25) is 0 Å². The Labute approximate surface area is 103 Å². The number of methoxy groups -OCH3 is 1. The molecular weight excluding hydrogens is 222 g/mol. The summed E-state index contributed by atoms with van der Waals surface area (Å²) in [5.41, 5.74) is -0.294. The van der Waals surface area contributed by atoms with Crippen LogP contribution in [0, 0.1) is 11.8 Å². The molecule has 0 aromatic heterocycles. The Morgan fingerprint density at radius 1 is 1.62 bits per heavy atom. The van der Waals surface area contributed by atoms with Crippen molar-refractivity contribution in [2.45, 2.75) is 38.3 Å². The maximum atomic E-state index is 10.8. The number of hydrogen-bond donors (Lipinski definition) is 1. The Morgan fingerprint density at radius 2 is 2.31 bits per heavy atom. The molecule has 1 aliphatic heterocycles. The molecule has 0 spiro atoms. The van der Waals surface area contributed by atoms with E-state index in [-0.39, 0.29) is 10.7 Å². The van der Waals surface area contributed by atoms with Gasteiger partial charge in [-0.1, -0.05) is 18.5 Å². The van der Waals surface area contributed by atoms with Gasteiger partial charge in [-0.05, 0) is 32.6 Å². The SMILES string of the molecule is COCC1CCCN1C(C)(C)C#CC(=O)S. The number of nitrogens with zero attached hydrogens (tertiary/aromatic N) is 1. The minimum atomic E-state index is -0.379. The van der Waals surface area contributed by atoms with E-state index in [4.69, 9.17) is 4.74 Å². The van der Waals surface area contributed by atoms with Gasteiger partial charge in [0.1, 0.15) is 0 Å². The monoisotopic (exact) mass is 241 g/mol. The van der Waals surface area contributed by atoms with Crippen molar-refractivity contribution < 1.29 is 9.53 Å². The lowest BCUT2D eigenvalue weighted by molar-refractivity contribution is -0.106. The summed E-state index contributed by atoms with van der Waals surface area (Å²) in [6.45, 7) is 5.80. The van der Waals surface area contributed by atoms with E-state index in [1.807, 2.05) is 13.8 Å². The molecule has 0 N–H and O–H groups in total. The Kier molecular flexibility index (Phi) is 4.85. The van der Waals surface area contributed by atoms with Crippen LogP contribution < -0.4 is 0 Å². The number of carbonyl (C=O) groups excluding carboxylic acids is 1. The lowest BCUT2D eigenvalue weighted by atomic mass is 10.0. The summed E-state index contributed by atoms with van der Waals surface area (Å²) in [5, 5.41) is -0.379. The molecule has 0 saturated carbocycles. The molecule has 1 fully saturated rings. The van der Waals surface area contributed by atoms with E-state index in [0.29, 0.717) is 6.04 Å². The van der Waals surface area contributed by atoms with Gasteiger partial charge in [0.15, 0.2) is 0 Å². The van der Waals surface area contributed by atoms with Crippen molar-refractivity contribution in [3.63, 3.8) is 0 Å². The molecule has 1 atom stereocenters. The molecule has 0 aromatic rings. The fourth-order valence-electron chi connectivity index (χ4n) is 2.22. The Hall–Kier alpha value is -0.500. The average Bonchev–Trinajstić information content (AvgIpc) is 2.64. The first-order chi connectivity index (χ1) is 7.47. The van der Waals surface area contributed by atoms with Gasteiger partial charge in [0, 0.05) is 19.7 Å². The minimum Gasteiger partial charge on any atom is -0.383 e. The number of likely N-dealkylation sites (tertiary alicyclic amines) is 1. The third-order valence-electron chi connectivity index (χ3n) is 2.93. The second-order valence-electron chi connectivity index (χ2n) is 4.56. The zero-order valence-corrected chi connectivity index (χ0v) is 11.0. The number of rotatable bonds is 3. The number of thiol groups is 1. The molecule has 0 aliphatic carbocycles. The van der Waals surface area contributed by atoms with Crippen molar-refractivity contribution in [1.82, 2.24) is 4.90 Å². The zero-order valence-electron chi connectivity index (χ0n) is 10.1. The number of ether oxygens (including phenoxy) is 1. The van der Waals surface area contributed by atoms with Crippen LogP contribution in [0.15, 0.2) is 0 Å². The van der Waals surface area contributed by atoms with E-state index in [2.05, 4.69) is 29.4 Å². The van der Waals surface area contributed by atoms with Gasteiger partial charge in [0.2, 0.25) is 0 Å². The molecule has 1 rings (SSSR count). The van der Waals surface area contributed by atoms with Crippen LogP contribution in [0.5, 0.6) is 0 Å². The third kappa shape index (κ3) is 3.51. The number of carbonyl (C=O) groups is 1. The van der Waals surface area contributed by atoms with Crippen molar-refractivity contribution in [2.75, 3.05) is 20.3 Å².